The molecule has 0 spiro atoms. The van der Waals surface area contributed by atoms with Crippen molar-refractivity contribution < 1.29 is 9.59 Å². The zero-order valence-corrected chi connectivity index (χ0v) is 14.3. The standard InChI is InChI=1S/C19H25N3O2/c1-13(2)22(21-18(23)17-11-6-12-20-17)19(24)16-10-5-8-14-7-3-4-9-15(14)16/h3-4,7,9-10,13,17,20H,5-6,8,11-12H2,1-2H3,(H,21,23). The van der Waals surface area contributed by atoms with Gasteiger partial charge in [-0.2, -0.15) is 0 Å². The molecule has 1 aromatic carbocycles. The topological polar surface area (TPSA) is 61.4 Å². The molecule has 0 saturated carbocycles. The fourth-order valence-corrected chi connectivity index (χ4v) is 3.33. The van der Waals surface area contributed by atoms with Crippen LogP contribution >= 0.6 is 0 Å². The van der Waals surface area contributed by atoms with E-state index in [1.807, 2.05) is 38.1 Å². The van der Waals surface area contributed by atoms with Crippen molar-refractivity contribution in [1.82, 2.24) is 15.8 Å². The number of allylic oxidation sites excluding steroid dienone is 1. The van der Waals surface area contributed by atoms with Crippen LogP contribution in [0.25, 0.3) is 5.57 Å². The summed E-state index contributed by atoms with van der Waals surface area (Å²) in [5, 5.41) is 4.64. The van der Waals surface area contributed by atoms with Crippen LogP contribution in [0.15, 0.2) is 30.3 Å². The lowest BCUT2D eigenvalue weighted by Gasteiger charge is -2.30. The Morgan fingerprint density at radius 2 is 2.08 bits per heavy atom. The summed E-state index contributed by atoms with van der Waals surface area (Å²) < 4.78 is 0. The lowest BCUT2D eigenvalue weighted by atomic mass is 9.90. The van der Waals surface area contributed by atoms with E-state index in [9.17, 15) is 9.59 Å². The summed E-state index contributed by atoms with van der Waals surface area (Å²) >= 11 is 0. The Morgan fingerprint density at radius 3 is 2.79 bits per heavy atom. The second kappa shape index (κ2) is 7.18. The molecule has 24 heavy (non-hydrogen) atoms. The molecule has 1 heterocycles. The fraction of sp³-hybridized carbons (Fsp3) is 0.474. The van der Waals surface area contributed by atoms with Gasteiger partial charge >= 0.3 is 0 Å². The number of hydrazine groups is 1. The first-order chi connectivity index (χ1) is 11.6. The summed E-state index contributed by atoms with van der Waals surface area (Å²) in [5.41, 5.74) is 5.68. The van der Waals surface area contributed by atoms with Gasteiger partial charge in [0.25, 0.3) is 11.8 Å². The van der Waals surface area contributed by atoms with Crippen molar-refractivity contribution >= 4 is 17.4 Å². The number of carbonyl (C=O) groups is 2. The number of hydrogen-bond acceptors (Lipinski definition) is 3. The maximum atomic E-state index is 13.1. The number of hydrogen-bond donors (Lipinski definition) is 2. The minimum absolute atomic E-state index is 0.113. The van der Waals surface area contributed by atoms with Gasteiger partial charge in [-0.05, 0) is 57.2 Å². The molecular formula is C19H25N3O2. The van der Waals surface area contributed by atoms with Crippen LogP contribution < -0.4 is 10.7 Å². The molecule has 5 nitrogen and oxygen atoms in total. The molecule has 2 N–H and O–H groups in total. The number of carbonyl (C=O) groups excluding carboxylic acids is 2. The van der Waals surface area contributed by atoms with Gasteiger partial charge < -0.3 is 5.32 Å². The molecule has 5 heteroatoms. The molecular weight excluding hydrogens is 302 g/mol. The van der Waals surface area contributed by atoms with Crippen LogP contribution in [0.3, 0.4) is 0 Å². The summed E-state index contributed by atoms with van der Waals surface area (Å²) in [5.74, 6) is -0.261. The molecule has 1 aliphatic heterocycles. The SMILES string of the molecule is CC(C)N(NC(=O)C1CCCN1)C(=O)C1=CCCc2ccccc21. The highest BCUT2D eigenvalue weighted by Crippen LogP contribution is 2.28. The Kier molecular flexibility index (Phi) is 5.00. The third-order valence-electron chi connectivity index (χ3n) is 4.64. The molecule has 1 atom stereocenters. The number of amides is 2. The molecule has 1 aromatic rings. The van der Waals surface area contributed by atoms with E-state index in [1.165, 1.54) is 10.6 Å². The average molecular weight is 327 g/mol. The van der Waals surface area contributed by atoms with Crippen LogP contribution in [-0.4, -0.2) is 35.5 Å². The number of benzene rings is 1. The molecule has 1 unspecified atom stereocenters. The Hall–Kier alpha value is -2.14. The first-order valence-corrected chi connectivity index (χ1v) is 8.74. The third-order valence-corrected chi connectivity index (χ3v) is 4.64. The molecule has 2 amide bonds. The first kappa shape index (κ1) is 16.7. The van der Waals surface area contributed by atoms with Gasteiger partial charge in [-0.15, -0.1) is 0 Å². The highest BCUT2D eigenvalue weighted by atomic mass is 16.2. The van der Waals surface area contributed by atoms with Crippen molar-refractivity contribution in [2.75, 3.05) is 6.54 Å². The van der Waals surface area contributed by atoms with E-state index in [1.54, 1.807) is 0 Å². The van der Waals surface area contributed by atoms with Gasteiger partial charge in [0.15, 0.2) is 0 Å². The maximum Gasteiger partial charge on any atom is 0.272 e. The molecule has 128 valence electrons. The number of fused-ring (bicyclic) bond motifs is 1. The summed E-state index contributed by atoms with van der Waals surface area (Å²) in [6, 6.07) is 7.68. The molecule has 1 fully saturated rings. The Balaban J connectivity index is 1.80. The van der Waals surface area contributed by atoms with E-state index in [2.05, 4.69) is 16.8 Å². The molecule has 0 radical (unpaired) electrons. The van der Waals surface area contributed by atoms with Gasteiger partial charge in [0.2, 0.25) is 0 Å². The van der Waals surface area contributed by atoms with Gasteiger partial charge in [-0.25, -0.2) is 5.01 Å². The van der Waals surface area contributed by atoms with Crippen molar-refractivity contribution in [1.29, 1.82) is 0 Å². The minimum atomic E-state index is -0.202. The number of aryl methyl sites for hydroxylation is 1. The van der Waals surface area contributed by atoms with Crippen molar-refractivity contribution in [2.24, 2.45) is 0 Å². The average Bonchev–Trinajstić information content (AvgIpc) is 3.13. The third kappa shape index (κ3) is 3.36. The predicted molar refractivity (Wildman–Crippen MR) is 93.9 cm³/mol. The Bertz CT molecular complexity index is 660. The van der Waals surface area contributed by atoms with Crippen LogP contribution in [0, 0.1) is 0 Å². The summed E-state index contributed by atoms with van der Waals surface area (Å²) in [4.78, 5) is 25.5. The molecule has 0 aromatic heterocycles. The second-order valence-corrected chi connectivity index (χ2v) is 6.71. The number of nitrogens with one attached hydrogen (secondary N) is 2. The monoisotopic (exact) mass is 327 g/mol. The second-order valence-electron chi connectivity index (χ2n) is 6.71. The van der Waals surface area contributed by atoms with Gasteiger partial charge in [-0.3, -0.25) is 15.0 Å². The summed E-state index contributed by atoms with van der Waals surface area (Å²) in [7, 11) is 0. The van der Waals surface area contributed by atoms with Crippen LogP contribution in [0.1, 0.15) is 44.2 Å². The van der Waals surface area contributed by atoms with Crippen LogP contribution in [0.4, 0.5) is 0 Å². The smallest absolute Gasteiger partial charge is 0.272 e. The molecule has 1 saturated heterocycles. The highest BCUT2D eigenvalue weighted by molar-refractivity contribution is 6.20. The maximum absolute atomic E-state index is 13.1. The van der Waals surface area contributed by atoms with Crippen molar-refractivity contribution in [3.63, 3.8) is 0 Å². The Morgan fingerprint density at radius 1 is 1.29 bits per heavy atom. The first-order valence-electron chi connectivity index (χ1n) is 8.74. The largest absolute Gasteiger partial charge is 0.306 e. The summed E-state index contributed by atoms with van der Waals surface area (Å²) in [6.45, 7) is 4.68. The minimum Gasteiger partial charge on any atom is -0.306 e. The predicted octanol–water partition coefficient (Wildman–Crippen LogP) is 2.04. The van der Waals surface area contributed by atoms with Crippen molar-refractivity contribution in [2.45, 2.75) is 51.6 Å². The van der Waals surface area contributed by atoms with Gasteiger partial charge in [0.05, 0.1) is 6.04 Å². The number of rotatable bonds is 3. The Labute approximate surface area is 143 Å². The fourth-order valence-electron chi connectivity index (χ4n) is 3.33. The zero-order valence-electron chi connectivity index (χ0n) is 14.3. The van der Waals surface area contributed by atoms with Gasteiger partial charge in [-0.1, -0.05) is 30.3 Å². The molecule has 2 aliphatic rings. The normalized spacial score (nSPS) is 19.6. The van der Waals surface area contributed by atoms with E-state index in [0.29, 0.717) is 5.57 Å². The van der Waals surface area contributed by atoms with E-state index >= 15 is 0 Å². The highest BCUT2D eigenvalue weighted by Gasteiger charge is 2.29. The van der Waals surface area contributed by atoms with E-state index in [0.717, 1.165) is 37.8 Å². The quantitative estimate of drug-likeness (QED) is 0.835. The van der Waals surface area contributed by atoms with Crippen LogP contribution in [-0.2, 0) is 16.0 Å². The van der Waals surface area contributed by atoms with Crippen LogP contribution in [0.2, 0.25) is 0 Å². The van der Waals surface area contributed by atoms with Crippen molar-refractivity contribution in [3.05, 3.63) is 41.5 Å². The van der Waals surface area contributed by atoms with Gasteiger partial charge in [0, 0.05) is 11.6 Å². The molecule has 0 bridgehead atoms. The summed E-state index contributed by atoms with van der Waals surface area (Å²) in [6.07, 6.45) is 5.60. The van der Waals surface area contributed by atoms with E-state index in [4.69, 9.17) is 0 Å². The van der Waals surface area contributed by atoms with E-state index in [-0.39, 0.29) is 23.9 Å². The molecule has 1 aliphatic carbocycles. The van der Waals surface area contributed by atoms with Crippen LogP contribution in [0.5, 0.6) is 0 Å². The number of nitrogens with zero attached hydrogens (tertiary/aromatic N) is 1. The molecule has 3 rings (SSSR count). The lowest BCUT2D eigenvalue weighted by molar-refractivity contribution is -0.140. The van der Waals surface area contributed by atoms with E-state index < -0.39 is 0 Å². The van der Waals surface area contributed by atoms with Gasteiger partial charge in [0.1, 0.15) is 0 Å². The zero-order chi connectivity index (χ0) is 17.1. The van der Waals surface area contributed by atoms with Crippen molar-refractivity contribution in [3.8, 4) is 0 Å². The lowest BCUT2D eigenvalue weighted by Crippen LogP contribution is -2.54.